The van der Waals surface area contributed by atoms with E-state index in [1.807, 2.05) is 0 Å². The van der Waals surface area contributed by atoms with Crippen LogP contribution in [0, 0.1) is 0 Å². The lowest BCUT2D eigenvalue weighted by atomic mass is 10.4. The van der Waals surface area contributed by atoms with Crippen LogP contribution >= 0.6 is 23.2 Å². The molecule has 0 amide bonds. The van der Waals surface area contributed by atoms with Crippen molar-refractivity contribution in [2.75, 3.05) is 19.8 Å². The van der Waals surface area contributed by atoms with Gasteiger partial charge in [-0.3, -0.25) is 9.59 Å². The first-order chi connectivity index (χ1) is 17.1. The average molecular weight is 571 g/mol. The van der Waals surface area contributed by atoms with Gasteiger partial charge in [0.05, 0.1) is 6.61 Å². The zero-order chi connectivity index (χ0) is 29.6. The molecule has 15 heteroatoms. The lowest BCUT2D eigenvalue weighted by Crippen LogP contribution is -2.29. The lowest BCUT2D eigenvalue weighted by Gasteiger charge is -2.13. The second-order valence-corrected chi connectivity index (χ2v) is 6.97. The Morgan fingerprint density at radius 2 is 0.919 bits per heavy atom. The number of carbonyl (C=O) groups is 7. The van der Waals surface area contributed by atoms with E-state index in [9.17, 15) is 33.6 Å². The lowest BCUT2D eigenvalue weighted by molar-refractivity contribution is -0.173. The van der Waals surface area contributed by atoms with Crippen molar-refractivity contribution in [3.05, 3.63) is 38.0 Å². The predicted octanol–water partition coefficient (Wildman–Crippen LogP) is 0.922. The van der Waals surface area contributed by atoms with E-state index in [2.05, 4.69) is 57.1 Å². The fourth-order valence-electron chi connectivity index (χ4n) is 1.35. The van der Waals surface area contributed by atoms with E-state index >= 15 is 0 Å². The van der Waals surface area contributed by atoms with Gasteiger partial charge in [-0.1, -0.05) is 19.7 Å². The Labute approximate surface area is 222 Å². The molecular weight excluding hydrogens is 543 g/mol. The number of esters is 5. The van der Waals surface area contributed by atoms with E-state index in [0.717, 1.165) is 18.2 Å². The van der Waals surface area contributed by atoms with Crippen molar-refractivity contribution in [2.45, 2.75) is 39.1 Å². The van der Waals surface area contributed by atoms with Crippen molar-refractivity contribution < 1.29 is 62.4 Å². The van der Waals surface area contributed by atoms with Gasteiger partial charge in [0.2, 0.25) is 0 Å². The maximum Gasteiger partial charge on any atom is 0.417 e. The van der Waals surface area contributed by atoms with E-state index in [-0.39, 0.29) is 19.8 Å². The average Bonchev–Trinajstić information content (AvgIpc) is 2.85. The molecule has 0 aliphatic rings. The van der Waals surface area contributed by atoms with Gasteiger partial charge in [-0.25, -0.2) is 24.0 Å². The molecule has 0 saturated carbocycles. The van der Waals surface area contributed by atoms with Crippen molar-refractivity contribution in [2.24, 2.45) is 0 Å². The summed E-state index contributed by atoms with van der Waals surface area (Å²) in [5.74, 6) is -4.35. The Balaban J connectivity index is -0.000000628. The fourth-order valence-corrected chi connectivity index (χ4v) is 1.35. The first kappa shape index (κ1) is 38.0. The summed E-state index contributed by atoms with van der Waals surface area (Å²) in [5, 5.41) is 6.08. The third-order valence-electron chi connectivity index (χ3n) is 2.93. The molecule has 0 rings (SSSR count). The Bertz CT molecular complexity index is 784. The van der Waals surface area contributed by atoms with E-state index < -0.39 is 58.6 Å². The highest BCUT2D eigenvalue weighted by Crippen LogP contribution is 1.98. The molecule has 208 valence electrons. The fraction of sp³-hybridized carbons (Fsp3) is 0.409. The van der Waals surface area contributed by atoms with E-state index in [1.165, 1.54) is 13.8 Å². The van der Waals surface area contributed by atoms with Gasteiger partial charge < -0.3 is 28.8 Å². The zero-order valence-electron chi connectivity index (χ0n) is 20.3. The molecule has 0 aromatic carbocycles. The smallest absolute Gasteiger partial charge is 0.417 e. The van der Waals surface area contributed by atoms with E-state index in [4.69, 9.17) is 14.6 Å². The highest BCUT2D eigenvalue weighted by Gasteiger charge is 2.21. The van der Waals surface area contributed by atoms with Crippen molar-refractivity contribution in [3.8, 4) is 0 Å². The highest BCUT2D eigenvalue weighted by atomic mass is 35.5. The number of hydrogen-bond donors (Lipinski definition) is 1. The number of rotatable bonds is 12. The minimum Gasteiger partial charge on any atom is -0.457 e. The number of aliphatic hydroxyl groups excluding tert-OH is 1. The quantitative estimate of drug-likeness (QED) is 0.115. The van der Waals surface area contributed by atoms with Crippen molar-refractivity contribution in [1.29, 1.82) is 0 Å². The molecule has 0 aliphatic carbocycles. The third-order valence-corrected chi connectivity index (χ3v) is 3.37. The maximum atomic E-state index is 11.3. The number of carbonyl (C=O) groups excluding carboxylic acids is 7. The first-order valence-electron chi connectivity index (χ1n) is 9.98. The van der Waals surface area contributed by atoms with E-state index in [0.29, 0.717) is 0 Å². The molecule has 0 aliphatic heterocycles. The molecule has 3 atom stereocenters. The summed E-state index contributed by atoms with van der Waals surface area (Å²) < 4.78 is 23.2. The van der Waals surface area contributed by atoms with Gasteiger partial charge in [0, 0.05) is 18.2 Å². The SMILES string of the molecule is C=CC(=O)OC(C)CO.C=CC(=O)OC(C)COC(=O)C(=O)OCC(C)OC(=O)C=C.O=C(Cl)C(=O)Cl. The summed E-state index contributed by atoms with van der Waals surface area (Å²) in [7, 11) is 0. The van der Waals surface area contributed by atoms with Gasteiger partial charge in [0.15, 0.2) is 0 Å². The molecule has 0 aromatic heterocycles. The van der Waals surface area contributed by atoms with Crippen molar-refractivity contribution in [3.63, 3.8) is 0 Å². The molecule has 0 saturated heterocycles. The van der Waals surface area contributed by atoms with Crippen molar-refractivity contribution >= 4 is 63.5 Å². The van der Waals surface area contributed by atoms with Gasteiger partial charge in [-0.2, -0.15) is 0 Å². The van der Waals surface area contributed by atoms with E-state index in [1.54, 1.807) is 6.92 Å². The summed E-state index contributed by atoms with van der Waals surface area (Å²) >= 11 is 8.98. The molecular formula is C22H28Cl2O13. The predicted molar refractivity (Wildman–Crippen MR) is 128 cm³/mol. The van der Waals surface area contributed by atoms with Gasteiger partial charge in [-0.15, -0.1) is 0 Å². The molecule has 0 heterocycles. The molecule has 13 nitrogen and oxygen atoms in total. The van der Waals surface area contributed by atoms with Crippen LogP contribution in [-0.2, 0) is 57.2 Å². The molecule has 0 spiro atoms. The summed E-state index contributed by atoms with van der Waals surface area (Å²) in [6, 6.07) is 0. The molecule has 1 N–H and O–H groups in total. The monoisotopic (exact) mass is 570 g/mol. The molecule has 3 unspecified atom stereocenters. The van der Waals surface area contributed by atoms with Crippen LogP contribution in [0.3, 0.4) is 0 Å². The van der Waals surface area contributed by atoms with Gasteiger partial charge >= 0.3 is 40.3 Å². The number of ether oxygens (including phenoxy) is 5. The Hall–Kier alpha value is -3.55. The second-order valence-electron chi connectivity index (χ2n) is 6.28. The van der Waals surface area contributed by atoms with Crippen LogP contribution in [0.25, 0.3) is 0 Å². The molecule has 0 aromatic rings. The van der Waals surface area contributed by atoms with Crippen LogP contribution in [0.15, 0.2) is 38.0 Å². The van der Waals surface area contributed by atoms with Gasteiger partial charge in [0.25, 0.3) is 0 Å². The summed E-state index contributed by atoms with van der Waals surface area (Å²) in [6.07, 6.45) is 1.06. The van der Waals surface area contributed by atoms with Gasteiger partial charge in [0.1, 0.15) is 31.5 Å². The summed E-state index contributed by atoms with van der Waals surface area (Å²) in [5.41, 5.74) is 0. The van der Waals surface area contributed by atoms with Crippen molar-refractivity contribution in [1.82, 2.24) is 0 Å². The van der Waals surface area contributed by atoms with Crippen LogP contribution in [0.2, 0.25) is 0 Å². The highest BCUT2D eigenvalue weighted by molar-refractivity contribution is 6.97. The zero-order valence-corrected chi connectivity index (χ0v) is 21.8. The third kappa shape index (κ3) is 25.4. The minimum atomic E-state index is -1.25. The van der Waals surface area contributed by atoms with Crippen LogP contribution in [0.5, 0.6) is 0 Å². The number of hydrogen-bond acceptors (Lipinski definition) is 13. The largest absolute Gasteiger partial charge is 0.457 e. The van der Waals surface area contributed by atoms with Crippen LogP contribution < -0.4 is 0 Å². The van der Waals surface area contributed by atoms with Crippen LogP contribution in [0.1, 0.15) is 20.8 Å². The Morgan fingerprint density at radius 1 is 0.649 bits per heavy atom. The Kier molecular flexibility index (Phi) is 23.5. The first-order valence-corrected chi connectivity index (χ1v) is 10.7. The summed E-state index contributed by atoms with van der Waals surface area (Å²) in [6.45, 7) is 13.4. The normalized spacial score (nSPS) is 11.5. The standard InChI is InChI=1S/C14H18O8.C6H10O3.C2Cl2O2/c1-5-11(15)21-9(3)7-19-13(17)14(18)20-8-10(4)22-12(16)6-2;1-3-6(8)9-5(2)4-7;3-1(5)2(4)6/h5-6,9-10H,1-2,7-8H2,3-4H3;3,5,7H,1,4H2,2H3;. The Morgan fingerprint density at radius 3 is 1.14 bits per heavy atom. The second kappa shape index (κ2) is 22.9. The van der Waals surface area contributed by atoms with Gasteiger partial charge in [-0.05, 0) is 44.0 Å². The molecule has 37 heavy (non-hydrogen) atoms. The minimum absolute atomic E-state index is 0.153. The van der Waals surface area contributed by atoms with Crippen LogP contribution in [-0.4, -0.2) is 83.6 Å². The number of aliphatic hydroxyl groups is 1. The van der Waals surface area contributed by atoms with Crippen LogP contribution in [0.4, 0.5) is 0 Å². The molecule has 0 radical (unpaired) electrons. The molecule has 0 bridgehead atoms. The maximum absolute atomic E-state index is 11.3. The summed E-state index contributed by atoms with van der Waals surface area (Å²) in [4.78, 5) is 73.5. The number of halogens is 2. The topological polar surface area (TPSA) is 186 Å². The molecule has 0 fully saturated rings.